The second-order valence-corrected chi connectivity index (χ2v) is 8.38. The molecule has 1 unspecified atom stereocenters. The lowest BCUT2D eigenvalue weighted by molar-refractivity contribution is -0.116. The summed E-state index contributed by atoms with van der Waals surface area (Å²) in [5.74, 6) is 0.192. The zero-order chi connectivity index (χ0) is 20.5. The molecule has 29 heavy (non-hydrogen) atoms. The van der Waals surface area contributed by atoms with E-state index in [1.165, 1.54) is 11.1 Å². The second-order valence-electron chi connectivity index (χ2n) is 8.38. The number of benzene rings is 2. The van der Waals surface area contributed by atoms with Crippen LogP contribution in [0.25, 0.3) is 0 Å². The highest BCUT2D eigenvalue weighted by Crippen LogP contribution is 2.35. The Morgan fingerprint density at radius 3 is 2.14 bits per heavy atom. The van der Waals surface area contributed by atoms with Crippen LogP contribution in [0.4, 0.5) is 5.69 Å². The van der Waals surface area contributed by atoms with Crippen LogP contribution in [0.2, 0.25) is 0 Å². The summed E-state index contributed by atoms with van der Waals surface area (Å²) in [6.07, 6.45) is 2.70. The minimum absolute atomic E-state index is 0.00722. The van der Waals surface area contributed by atoms with Gasteiger partial charge in [0, 0.05) is 38.3 Å². The van der Waals surface area contributed by atoms with Crippen molar-refractivity contribution in [2.24, 2.45) is 4.99 Å². The summed E-state index contributed by atoms with van der Waals surface area (Å²) in [5.41, 5.74) is 5.99. The zero-order valence-corrected chi connectivity index (χ0v) is 17.4. The Hall–Kier alpha value is -2.88. The minimum Gasteiger partial charge on any atom is -0.511 e. The van der Waals surface area contributed by atoms with Crippen molar-refractivity contribution in [3.8, 4) is 0 Å². The number of Topliss-reactive ketones (excluding diaryl/α,β-unsaturated/α-hetero) is 1. The quantitative estimate of drug-likeness (QED) is 0.777. The van der Waals surface area contributed by atoms with E-state index in [4.69, 9.17) is 4.99 Å². The number of aliphatic imine (C=N–C) groups is 1. The Bertz CT molecular complexity index is 961. The van der Waals surface area contributed by atoms with Gasteiger partial charge in [-0.2, -0.15) is 0 Å². The number of carbonyl (C=O) groups excluding carboxylic acids is 1. The molecular formula is C25H28N2O2. The molecule has 2 aliphatic carbocycles. The molecule has 0 radical (unpaired) electrons. The molecule has 2 aliphatic rings. The molecule has 1 atom stereocenters. The van der Waals surface area contributed by atoms with Gasteiger partial charge in [0.1, 0.15) is 5.76 Å². The maximum Gasteiger partial charge on any atom is 0.168 e. The number of allylic oxidation sites excluding steroid dienone is 2. The number of fused-ring (bicyclic) bond motifs is 1. The third-order valence-electron chi connectivity index (χ3n) is 6.09. The molecule has 2 aromatic carbocycles. The largest absolute Gasteiger partial charge is 0.511 e. The van der Waals surface area contributed by atoms with Crippen LogP contribution in [0.15, 0.2) is 64.9 Å². The van der Waals surface area contributed by atoms with E-state index in [1.54, 1.807) is 0 Å². The maximum atomic E-state index is 12.9. The lowest BCUT2D eigenvalue weighted by atomic mass is 9.81. The maximum absolute atomic E-state index is 12.9. The fraction of sp³-hybridized carbons (Fsp3) is 0.360. The number of rotatable bonds is 4. The molecule has 1 N–H and O–H groups in total. The molecule has 0 spiro atoms. The molecule has 0 saturated heterocycles. The van der Waals surface area contributed by atoms with Crippen molar-refractivity contribution in [1.29, 1.82) is 0 Å². The summed E-state index contributed by atoms with van der Waals surface area (Å²) < 4.78 is 0. The van der Waals surface area contributed by atoms with Gasteiger partial charge in [-0.05, 0) is 54.5 Å². The van der Waals surface area contributed by atoms with Gasteiger partial charge < -0.3 is 10.0 Å². The van der Waals surface area contributed by atoms with Gasteiger partial charge in [0.25, 0.3) is 0 Å². The van der Waals surface area contributed by atoms with Gasteiger partial charge in [0.15, 0.2) is 5.78 Å². The molecule has 4 rings (SSSR count). The number of ketones is 1. The van der Waals surface area contributed by atoms with Crippen molar-refractivity contribution in [3.63, 3.8) is 0 Å². The Kier molecular flexibility index (Phi) is 5.27. The smallest absolute Gasteiger partial charge is 0.168 e. The van der Waals surface area contributed by atoms with Crippen LogP contribution in [0.1, 0.15) is 42.4 Å². The van der Waals surface area contributed by atoms with Crippen molar-refractivity contribution in [2.45, 2.75) is 44.6 Å². The summed E-state index contributed by atoms with van der Waals surface area (Å²) in [5, 5.41) is 10.7. The van der Waals surface area contributed by atoms with Crippen LogP contribution in [-0.2, 0) is 17.6 Å². The van der Waals surface area contributed by atoms with Gasteiger partial charge >= 0.3 is 0 Å². The van der Waals surface area contributed by atoms with Crippen LogP contribution < -0.4 is 4.90 Å². The van der Waals surface area contributed by atoms with Crippen LogP contribution in [-0.4, -0.2) is 36.7 Å². The van der Waals surface area contributed by atoms with Gasteiger partial charge in [-0.15, -0.1) is 0 Å². The molecule has 0 fully saturated rings. The summed E-state index contributed by atoms with van der Waals surface area (Å²) in [6, 6.07) is 16.8. The summed E-state index contributed by atoms with van der Waals surface area (Å²) in [4.78, 5) is 19.8. The molecule has 0 heterocycles. The van der Waals surface area contributed by atoms with Crippen molar-refractivity contribution < 1.29 is 9.90 Å². The minimum atomic E-state index is -0.00722. The Morgan fingerprint density at radius 1 is 0.966 bits per heavy atom. The van der Waals surface area contributed by atoms with E-state index in [0.29, 0.717) is 24.1 Å². The van der Waals surface area contributed by atoms with Gasteiger partial charge in [-0.25, -0.2) is 0 Å². The van der Waals surface area contributed by atoms with E-state index in [1.807, 2.05) is 25.9 Å². The van der Waals surface area contributed by atoms with Crippen molar-refractivity contribution in [2.75, 3.05) is 19.0 Å². The predicted octanol–water partition coefficient (Wildman–Crippen LogP) is 4.64. The van der Waals surface area contributed by atoms with Gasteiger partial charge in [0.05, 0.1) is 11.6 Å². The van der Waals surface area contributed by atoms with Crippen LogP contribution in [0, 0.1) is 0 Å². The molecule has 4 nitrogen and oxygen atoms in total. The first-order valence-corrected chi connectivity index (χ1v) is 10.3. The fourth-order valence-corrected chi connectivity index (χ4v) is 4.55. The van der Waals surface area contributed by atoms with E-state index in [2.05, 4.69) is 48.5 Å². The lowest BCUT2D eigenvalue weighted by Gasteiger charge is -2.24. The van der Waals surface area contributed by atoms with E-state index >= 15 is 0 Å². The highest BCUT2D eigenvalue weighted by molar-refractivity contribution is 6.22. The first kappa shape index (κ1) is 19.4. The summed E-state index contributed by atoms with van der Waals surface area (Å²) in [7, 11) is 4.01. The molecule has 0 saturated carbocycles. The Balaban J connectivity index is 1.51. The predicted molar refractivity (Wildman–Crippen MR) is 118 cm³/mol. The Labute approximate surface area is 172 Å². The number of hydrogen-bond donors (Lipinski definition) is 1. The number of aliphatic hydroxyl groups excluding tert-OH is 1. The van der Waals surface area contributed by atoms with Crippen molar-refractivity contribution in [3.05, 3.63) is 76.6 Å². The Morgan fingerprint density at radius 2 is 1.59 bits per heavy atom. The van der Waals surface area contributed by atoms with Crippen molar-refractivity contribution in [1.82, 2.24) is 0 Å². The highest BCUT2D eigenvalue weighted by Gasteiger charge is 2.31. The van der Waals surface area contributed by atoms with Crippen molar-refractivity contribution >= 4 is 17.2 Å². The normalized spacial score (nSPS) is 20.2. The topological polar surface area (TPSA) is 52.9 Å². The zero-order valence-electron chi connectivity index (χ0n) is 17.4. The standard InChI is InChI=1S/C25H28N2O2/c1-16(26-21-12-18-6-4-5-7-19(18)13-21)25-23(28)14-20(15-24(25)29)17-8-10-22(11-9-17)27(2)3/h4-11,20-21,28H,12-15H2,1-3H3. The van der Waals surface area contributed by atoms with E-state index in [9.17, 15) is 9.90 Å². The molecular weight excluding hydrogens is 360 g/mol. The number of hydrogen-bond acceptors (Lipinski definition) is 4. The average Bonchev–Trinajstić information content (AvgIpc) is 3.09. The highest BCUT2D eigenvalue weighted by atomic mass is 16.3. The van der Waals surface area contributed by atoms with Crippen LogP contribution in [0.3, 0.4) is 0 Å². The first-order valence-electron chi connectivity index (χ1n) is 10.3. The van der Waals surface area contributed by atoms with Gasteiger partial charge in [0.2, 0.25) is 0 Å². The van der Waals surface area contributed by atoms with Crippen LogP contribution >= 0.6 is 0 Å². The second kappa shape index (κ2) is 7.86. The monoisotopic (exact) mass is 388 g/mol. The molecule has 150 valence electrons. The average molecular weight is 389 g/mol. The number of carbonyl (C=O) groups is 1. The van der Waals surface area contributed by atoms with Gasteiger partial charge in [-0.1, -0.05) is 36.4 Å². The fourth-order valence-electron chi connectivity index (χ4n) is 4.55. The SMILES string of the molecule is CC(=NC1Cc2ccccc2C1)C1=C(O)CC(c2ccc(N(C)C)cc2)CC1=O. The van der Waals surface area contributed by atoms with Crippen LogP contribution in [0.5, 0.6) is 0 Å². The lowest BCUT2D eigenvalue weighted by Crippen LogP contribution is -2.23. The van der Waals surface area contributed by atoms with E-state index in [-0.39, 0.29) is 23.5 Å². The molecule has 0 bridgehead atoms. The summed E-state index contributed by atoms with van der Waals surface area (Å²) >= 11 is 0. The molecule has 0 amide bonds. The summed E-state index contributed by atoms with van der Waals surface area (Å²) in [6.45, 7) is 1.86. The van der Waals surface area contributed by atoms with E-state index < -0.39 is 0 Å². The van der Waals surface area contributed by atoms with E-state index in [0.717, 1.165) is 24.1 Å². The molecule has 4 heteroatoms. The molecule has 0 aromatic heterocycles. The third kappa shape index (κ3) is 3.98. The molecule has 0 aliphatic heterocycles. The molecule has 2 aromatic rings. The number of aliphatic hydroxyl groups is 1. The third-order valence-corrected chi connectivity index (χ3v) is 6.09. The van der Waals surface area contributed by atoms with Gasteiger partial charge in [-0.3, -0.25) is 9.79 Å². The number of anilines is 1. The first-order chi connectivity index (χ1) is 13.9. The number of nitrogens with zero attached hydrogens (tertiary/aromatic N) is 2.